The second-order valence-corrected chi connectivity index (χ2v) is 5.11. The molecule has 1 aromatic rings. The molecular weight excluding hydrogens is 254 g/mol. The number of hydrogen-bond donors (Lipinski definition) is 1. The predicted molar refractivity (Wildman–Crippen MR) is 71.5 cm³/mol. The molecule has 0 radical (unpaired) electrons. The van der Waals surface area contributed by atoms with Crippen molar-refractivity contribution in [3.05, 3.63) is 31.6 Å². The van der Waals surface area contributed by atoms with E-state index in [1.54, 1.807) is 6.92 Å². The molecule has 6 heteroatoms. The maximum Gasteiger partial charge on any atom is 0.329 e. The third-order valence-electron chi connectivity index (χ3n) is 3.60. The van der Waals surface area contributed by atoms with E-state index in [1.165, 1.54) is 4.57 Å². The first-order chi connectivity index (χ1) is 8.54. The van der Waals surface area contributed by atoms with E-state index in [0.29, 0.717) is 5.56 Å². The first kappa shape index (κ1) is 13.4. The van der Waals surface area contributed by atoms with Gasteiger partial charge in [0.15, 0.2) is 0 Å². The maximum atomic E-state index is 12.1. The molecule has 1 aromatic heterocycles. The minimum atomic E-state index is -0.404. The molecule has 1 aliphatic rings. The van der Waals surface area contributed by atoms with Gasteiger partial charge < -0.3 is 4.90 Å². The summed E-state index contributed by atoms with van der Waals surface area (Å²) >= 11 is 5.81. The number of halogens is 1. The molecule has 1 saturated heterocycles. The second kappa shape index (κ2) is 5.28. The van der Waals surface area contributed by atoms with E-state index < -0.39 is 5.69 Å². The molecule has 2 heterocycles. The third-order valence-corrected chi connectivity index (χ3v) is 3.98. The van der Waals surface area contributed by atoms with Crippen molar-refractivity contribution in [2.45, 2.75) is 32.7 Å². The molecule has 1 atom stereocenters. The van der Waals surface area contributed by atoms with Gasteiger partial charge in [0.2, 0.25) is 0 Å². The Morgan fingerprint density at radius 3 is 2.83 bits per heavy atom. The number of nitrogens with one attached hydrogen (secondary N) is 1. The zero-order chi connectivity index (χ0) is 13.3. The van der Waals surface area contributed by atoms with Crippen molar-refractivity contribution in [2.75, 3.05) is 19.6 Å². The van der Waals surface area contributed by atoms with Crippen LogP contribution in [-0.4, -0.2) is 34.1 Å². The molecular formula is C12H18ClN3O2. The fourth-order valence-corrected chi connectivity index (χ4v) is 2.64. The summed E-state index contributed by atoms with van der Waals surface area (Å²) in [6.07, 6.45) is 1.87. The quantitative estimate of drug-likeness (QED) is 0.821. The molecule has 0 bridgehead atoms. The topological polar surface area (TPSA) is 58.1 Å². The molecule has 2 rings (SSSR count). The lowest BCUT2D eigenvalue weighted by Gasteiger charge is -2.32. The smallest absolute Gasteiger partial charge is 0.302 e. The molecule has 1 N–H and O–H groups in total. The summed E-state index contributed by atoms with van der Waals surface area (Å²) in [5.74, 6) is 0. The van der Waals surface area contributed by atoms with Crippen LogP contribution in [0.15, 0.2) is 9.59 Å². The summed E-state index contributed by atoms with van der Waals surface area (Å²) in [4.78, 5) is 28.8. The fourth-order valence-electron chi connectivity index (χ4n) is 2.48. The van der Waals surface area contributed by atoms with Gasteiger partial charge in [0.1, 0.15) is 5.15 Å². The van der Waals surface area contributed by atoms with Crippen LogP contribution in [0, 0.1) is 6.92 Å². The summed E-state index contributed by atoms with van der Waals surface area (Å²) in [6, 6.07) is -0.0501. The molecule has 1 unspecified atom stereocenters. The van der Waals surface area contributed by atoms with Crippen LogP contribution in [0.3, 0.4) is 0 Å². The van der Waals surface area contributed by atoms with Crippen molar-refractivity contribution < 1.29 is 0 Å². The lowest BCUT2D eigenvalue weighted by atomic mass is 10.1. The highest BCUT2D eigenvalue weighted by atomic mass is 35.5. The molecule has 0 aromatic carbocycles. The van der Waals surface area contributed by atoms with Gasteiger partial charge in [0.25, 0.3) is 5.56 Å². The van der Waals surface area contributed by atoms with Gasteiger partial charge in [-0.15, -0.1) is 0 Å². The lowest BCUT2D eigenvalue weighted by Crippen LogP contribution is -2.46. The van der Waals surface area contributed by atoms with Crippen molar-refractivity contribution in [3.63, 3.8) is 0 Å². The minimum Gasteiger partial charge on any atom is -0.302 e. The van der Waals surface area contributed by atoms with Gasteiger partial charge in [-0.3, -0.25) is 14.3 Å². The summed E-state index contributed by atoms with van der Waals surface area (Å²) < 4.78 is 1.32. The fraction of sp³-hybridized carbons (Fsp3) is 0.667. The monoisotopic (exact) mass is 271 g/mol. The highest BCUT2D eigenvalue weighted by Gasteiger charge is 2.23. The minimum absolute atomic E-state index is 0.0501. The molecule has 100 valence electrons. The number of H-pyrrole nitrogens is 1. The Bertz CT molecular complexity index is 549. The zero-order valence-corrected chi connectivity index (χ0v) is 11.5. The number of likely N-dealkylation sites (N-methyl/N-ethyl adjacent to an activating group) is 1. The van der Waals surface area contributed by atoms with Gasteiger partial charge in [-0.25, -0.2) is 4.79 Å². The van der Waals surface area contributed by atoms with Gasteiger partial charge in [0, 0.05) is 12.1 Å². The normalized spacial score (nSPS) is 21.2. The van der Waals surface area contributed by atoms with Crippen LogP contribution in [0.4, 0.5) is 0 Å². The Kier molecular flexibility index (Phi) is 3.92. The van der Waals surface area contributed by atoms with Crippen LogP contribution in [0.1, 0.15) is 31.4 Å². The first-order valence-electron chi connectivity index (χ1n) is 6.27. The van der Waals surface area contributed by atoms with E-state index in [1.807, 2.05) is 0 Å². The van der Waals surface area contributed by atoms with E-state index in [9.17, 15) is 9.59 Å². The second-order valence-electron chi connectivity index (χ2n) is 4.73. The molecule has 1 fully saturated rings. The van der Waals surface area contributed by atoms with Gasteiger partial charge in [-0.1, -0.05) is 18.5 Å². The van der Waals surface area contributed by atoms with E-state index in [4.69, 9.17) is 11.6 Å². The molecule has 1 aliphatic heterocycles. The Hall–Kier alpha value is -1.07. The van der Waals surface area contributed by atoms with Crippen LogP contribution < -0.4 is 11.2 Å². The van der Waals surface area contributed by atoms with Crippen molar-refractivity contribution in [2.24, 2.45) is 0 Å². The van der Waals surface area contributed by atoms with Crippen molar-refractivity contribution in [3.8, 4) is 0 Å². The van der Waals surface area contributed by atoms with Crippen LogP contribution in [-0.2, 0) is 0 Å². The van der Waals surface area contributed by atoms with Gasteiger partial charge >= 0.3 is 5.69 Å². The Morgan fingerprint density at radius 1 is 1.44 bits per heavy atom. The molecule has 0 aliphatic carbocycles. The standard InChI is InChI=1S/C12H18ClN3O2/c1-3-15-6-4-5-9(7-15)16-11(17)8(2)10(13)14-12(16)18/h9H,3-7H2,1-2H3,(H,14,18). The summed E-state index contributed by atoms with van der Waals surface area (Å²) in [6.45, 7) is 6.45. The van der Waals surface area contributed by atoms with Crippen LogP contribution in [0.5, 0.6) is 0 Å². The van der Waals surface area contributed by atoms with Crippen LogP contribution in [0.25, 0.3) is 0 Å². The van der Waals surface area contributed by atoms with Gasteiger partial charge in [0.05, 0.1) is 6.04 Å². The van der Waals surface area contributed by atoms with Crippen LogP contribution >= 0.6 is 11.6 Å². The zero-order valence-electron chi connectivity index (χ0n) is 10.7. The number of aromatic nitrogens is 2. The number of aromatic amines is 1. The summed E-state index contributed by atoms with van der Waals surface area (Å²) in [7, 11) is 0. The average Bonchev–Trinajstić information content (AvgIpc) is 2.36. The van der Waals surface area contributed by atoms with Crippen molar-refractivity contribution in [1.82, 2.24) is 14.5 Å². The number of rotatable bonds is 2. The first-order valence-corrected chi connectivity index (χ1v) is 6.65. The predicted octanol–water partition coefficient (Wildman–Crippen LogP) is 1.16. The molecule has 0 saturated carbocycles. The molecule has 0 spiro atoms. The summed E-state index contributed by atoms with van der Waals surface area (Å²) in [5.41, 5.74) is -0.268. The molecule has 0 amide bonds. The number of piperidine rings is 1. The van der Waals surface area contributed by atoms with Crippen LogP contribution in [0.2, 0.25) is 5.15 Å². The third kappa shape index (κ3) is 2.37. The van der Waals surface area contributed by atoms with Gasteiger partial charge in [-0.2, -0.15) is 0 Å². The van der Waals surface area contributed by atoms with Crippen molar-refractivity contribution >= 4 is 11.6 Å². The largest absolute Gasteiger partial charge is 0.329 e. The highest BCUT2D eigenvalue weighted by Crippen LogP contribution is 2.19. The number of nitrogens with zero attached hydrogens (tertiary/aromatic N) is 2. The van der Waals surface area contributed by atoms with E-state index >= 15 is 0 Å². The maximum absolute atomic E-state index is 12.1. The Balaban J connectivity index is 2.42. The van der Waals surface area contributed by atoms with E-state index in [-0.39, 0.29) is 16.8 Å². The Morgan fingerprint density at radius 2 is 2.17 bits per heavy atom. The molecule has 5 nitrogen and oxygen atoms in total. The number of likely N-dealkylation sites (tertiary alicyclic amines) is 1. The average molecular weight is 272 g/mol. The van der Waals surface area contributed by atoms with E-state index in [0.717, 1.165) is 32.5 Å². The highest BCUT2D eigenvalue weighted by molar-refractivity contribution is 6.30. The number of hydrogen-bond acceptors (Lipinski definition) is 3. The summed E-state index contributed by atoms with van der Waals surface area (Å²) in [5, 5.41) is 0.143. The van der Waals surface area contributed by atoms with Gasteiger partial charge in [-0.05, 0) is 32.9 Å². The molecule has 18 heavy (non-hydrogen) atoms. The van der Waals surface area contributed by atoms with E-state index in [2.05, 4.69) is 16.8 Å². The van der Waals surface area contributed by atoms with Crippen molar-refractivity contribution in [1.29, 1.82) is 0 Å². The lowest BCUT2D eigenvalue weighted by molar-refractivity contribution is 0.180. The SMILES string of the molecule is CCN1CCCC(n2c(=O)[nH]c(Cl)c(C)c2=O)C1. The Labute approximate surface area is 110 Å².